The fourth-order valence-electron chi connectivity index (χ4n) is 3.29. The van der Waals surface area contributed by atoms with Gasteiger partial charge in [-0.05, 0) is 24.3 Å². The molecule has 0 saturated carbocycles. The van der Waals surface area contributed by atoms with Gasteiger partial charge in [-0.1, -0.05) is 41.9 Å². The van der Waals surface area contributed by atoms with Gasteiger partial charge in [-0.25, -0.2) is 14.8 Å². The number of para-hydroxylation sites is 1. The number of thiazole rings is 1. The molecule has 0 aliphatic carbocycles. The Morgan fingerprint density at radius 3 is 2.71 bits per heavy atom. The number of nitrogens with zero attached hydrogens (tertiary/aromatic N) is 3. The highest BCUT2D eigenvalue weighted by Crippen LogP contribution is 2.26. The monoisotopic (exact) mass is 447 g/mol. The summed E-state index contributed by atoms with van der Waals surface area (Å²) in [6.45, 7) is -0.102. The number of rotatable bonds is 4. The number of carbonyl (C=O) groups excluding carboxylic acids is 1. The van der Waals surface area contributed by atoms with E-state index in [1.807, 2.05) is 36.4 Å². The van der Waals surface area contributed by atoms with Crippen LogP contribution in [0.4, 0.5) is 0 Å². The predicted molar refractivity (Wildman–Crippen MR) is 121 cm³/mol. The summed E-state index contributed by atoms with van der Waals surface area (Å²) >= 11 is 7.33. The third-order valence-electron chi connectivity index (χ3n) is 4.78. The van der Waals surface area contributed by atoms with E-state index in [1.54, 1.807) is 29.8 Å². The fourth-order valence-corrected chi connectivity index (χ4v) is 4.16. The Bertz CT molecular complexity index is 1490. The van der Waals surface area contributed by atoms with Crippen LogP contribution in [0.3, 0.4) is 0 Å². The molecule has 0 aliphatic heterocycles. The molecule has 0 N–H and O–H groups in total. The van der Waals surface area contributed by atoms with E-state index in [4.69, 9.17) is 16.3 Å². The van der Waals surface area contributed by atoms with Crippen LogP contribution in [-0.2, 0) is 11.3 Å². The van der Waals surface area contributed by atoms with Crippen LogP contribution >= 0.6 is 22.9 Å². The quantitative estimate of drug-likeness (QED) is 0.363. The first-order valence-electron chi connectivity index (χ1n) is 9.37. The molecule has 5 aromatic rings. The molecule has 0 aliphatic rings. The number of fused-ring (bicyclic) bond motifs is 2. The van der Waals surface area contributed by atoms with Crippen LogP contribution in [0.1, 0.15) is 16.1 Å². The molecule has 0 unspecified atom stereocenters. The van der Waals surface area contributed by atoms with E-state index in [9.17, 15) is 9.59 Å². The lowest BCUT2D eigenvalue weighted by Gasteiger charge is -2.10. The van der Waals surface area contributed by atoms with E-state index in [2.05, 4.69) is 9.97 Å². The summed E-state index contributed by atoms with van der Waals surface area (Å²) in [5.74, 6) is -0.512. The minimum absolute atomic E-state index is 0.102. The summed E-state index contributed by atoms with van der Waals surface area (Å²) in [5, 5.41) is 3.09. The van der Waals surface area contributed by atoms with Gasteiger partial charge in [-0.2, -0.15) is 0 Å². The average Bonchev–Trinajstić information content (AvgIpc) is 3.26. The number of carbonyl (C=O) groups is 1. The van der Waals surface area contributed by atoms with E-state index < -0.39 is 5.97 Å². The zero-order valence-corrected chi connectivity index (χ0v) is 17.6. The molecule has 2 aromatic carbocycles. The van der Waals surface area contributed by atoms with Crippen molar-refractivity contribution in [2.45, 2.75) is 6.61 Å². The third kappa shape index (κ3) is 3.81. The average molecular weight is 448 g/mol. The van der Waals surface area contributed by atoms with Crippen LogP contribution < -0.4 is 5.56 Å². The smallest absolute Gasteiger partial charge is 0.339 e. The lowest BCUT2D eigenvalue weighted by Crippen LogP contribution is -2.15. The van der Waals surface area contributed by atoms with Crippen molar-refractivity contribution in [3.05, 3.63) is 98.9 Å². The standard InChI is InChI=1S/C23H14ClN3O3S/c24-15-7-5-14(6-8-15)20-12-18(17-3-1-2-4-19(17)26-20)22(29)30-13-16-11-21(28)27-9-10-31-23(27)25-16/h1-12H,13H2. The molecule has 31 heavy (non-hydrogen) atoms. The van der Waals surface area contributed by atoms with E-state index in [1.165, 1.54) is 21.8 Å². The lowest BCUT2D eigenvalue weighted by molar-refractivity contribution is 0.0470. The van der Waals surface area contributed by atoms with Crippen LogP contribution in [0, 0.1) is 0 Å². The molecular formula is C23H14ClN3O3S. The highest BCUT2D eigenvalue weighted by atomic mass is 35.5. The maximum atomic E-state index is 13.0. The fraction of sp³-hybridized carbons (Fsp3) is 0.0435. The molecule has 0 atom stereocenters. The van der Waals surface area contributed by atoms with Crippen molar-refractivity contribution in [3.8, 4) is 11.3 Å². The number of hydrogen-bond acceptors (Lipinski definition) is 6. The molecule has 3 aromatic heterocycles. The summed E-state index contributed by atoms with van der Waals surface area (Å²) in [4.78, 5) is 34.7. The molecule has 0 spiro atoms. The number of aromatic nitrogens is 3. The van der Waals surface area contributed by atoms with Gasteiger partial charge in [0.2, 0.25) is 0 Å². The molecule has 0 fully saturated rings. The normalized spacial score (nSPS) is 11.1. The second-order valence-electron chi connectivity index (χ2n) is 6.80. The summed E-state index contributed by atoms with van der Waals surface area (Å²) in [7, 11) is 0. The molecule has 3 heterocycles. The highest BCUT2D eigenvalue weighted by Gasteiger charge is 2.16. The van der Waals surface area contributed by atoms with Crippen molar-refractivity contribution in [1.29, 1.82) is 0 Å². The molecule has 5 rings (SSSR count). The van der Waals surface area contributed by atoms with Gasteiger partial charge in [0.15, 0.2) is 4.96 Å². The van der Waals surface area contributed by atoms with Crippen molar-refractivity contribution >= 4 is 44.8 Å². The minimum atomic E-state index is -0.512. The van der Waals surface area contributed by atoms with Gasteiger partial charge < -0.3 is 4.74 Å². The van der Waals surface area contributed by atoms with Gasteiger partial charge in [0.1, 0.15) is 6.61 Å². The Morgan fingerprint density at radius 2 is 1.87 bits per heavy atom. The number of ether oxygens (including phenoxy) is 1. The summed E-state index contributed by atoms with van der Waals surface area (Å²) in [6, 6.07) is 17.7. The molecule has 0 bridgehead atoms. The Labute approximate surface area is 185 Å². The Morgan fingerprint density at radius 1 is 1.06 bits per heavy atom. The Balaban J connectivity index is 1.49. The lowest BCUT2D eigenvalue weighted by atomic mass is 10.0. The summed E-state index contributed by atoms with van der Waals surface area (Å²) < 4.78 is 6.97. The van der Waals surface area contributed by atoms with E-state index >= 15 is 0 Å². The van der Waals surface area contributed by atoms with Crippen molar-refractivity contribution in [3.63, 3.8) is 0 Å². The molecule has 152 valence electrons. The van der Waals surface area contributed by atoms with Crippen molar-refractivity contribution in [1.82, 2.24) is 14.4 Å². The van der Waals surface area contributed by atoms with Gasteiger partial charge >= 0.3 is 5.97 Å². The van der Waals surface area contributed by atoms with E-state index in [0.29, 0.717) is 37.8 Å². The van der Waals surface area contributed by atoms with Gasteiger partial charge in [0, 0.05) is 33.6 Å². The molecule has 0 saturated heterocycles. The molecule has 8 heteroatoms. The van der Waals surface area contributed by atoms with Crippen LogP contribution in [-0.4, -0.2) is 20.3 Å². The maximum absolute atomic E-state index is 13.0. The van der Waals surface area contributed by atoms with Crippen LogP contribution in [0.25, 0.3) is 27.1 Å². The molecule has 0 amide bonds. The SMILES string of the molecule is O=C(OCc1cc(=O)n2ccsc2n1)c1cc(-c2ccc(Cl)cc2)nc2ccccc12. The van der Waals surface area contributed by atoms with E-state index in [-0.39, 0.29) is 12.2 Å². The van der Waals surface area contributed by atoms with E-state index in [0.717, 1.165) is 5.56 Å². The highest BCUT2D eigenvalue weighted by molar-refractivity contribution is 7.15. The molecule has 6 nitrogen and oxygen atoms in total. The van der Waals surface area contributed by atoms with Gasteiger partial charge in [0.05, 0.1) is 22.5 Å². The molecular weight excluding hydrogens is 434 g/mol. The first kappa shape index (κ1) is 19.4. The first-order valence-corrected chi connectivity index (χ1v) is 10.6. The minimum Gasteiger partial charge on any atom is -0.456 e. The first-order chi connectivity index (χ1) is 15.1. The third-order valence-corrected chi connectivity index (χ3v) is 5.79. The van der Waals surface area contributed by atoms with Gasteiger partial charge in [-0.15, -0.1) is 11.3 Å². The van der Waals surface area contributed by atoms with Crippen molar-refractivity contribution < 1.29 is 9.53 Å². The second-order valence-corrected chi connectivity index (χ2v) is 8.11. The summed E-state index contributed by atoms with van der Waals surface area (Å²) in [6.07, 6.45) is 1.66. The Kier molecular flexibility index (Phi) is 4.97. The van der Waals surface area contributed by atoms with Crippen molar-refractivity contribution in [2.24, 2.45) is 0 Å². The number of esters is 1. The van der Waals surface area contributed by atoms with Gasteiger partial charge in [-0.3, -0.25) is 9.20 Å². The number of benzene rings is 2. The Hall–Kier alpha value is -3.55. The summed E-state index contributed by atoms with van der Waals surface area (Å²) in [5.41, 5.74) is 2.73. The van der Waals surface area contributed by atoms with Crippen LogP contribution in [0.5, 0.6) is 0 Å². The second kappa shape index (κ2) is 7.94. The number of halogens is 1. The zero-order valence-electron chi connectivity index (χ0n) is 16.0. The maximum Gasteiger partial charge on any atom is 0.339 e. The number of pyridine rings is 1. The van der Waals surface area contributed by atoms with Gasteiger partial charge in [0.25, 0.3) is 5.56 Å². The van der Waals surface area contributed by atoms with Crippen molar-refractivity contribution in [2.75, 3.05) is 0 Å². The topological polar surface area (TPSA) is 73.6 Å². The number of hydrogen-bond donors (Lipinski definition) is 0. The van der Waals surface area contributed by atoms with Crippen LogP contribution in [0.2, 0.25) is 5.02 Å². The molecule has 0 radical (unpaired) electrons. The predicted octanol–water partition coefficient (Wildman–Crippen LogP) is 4.98. The largest absolute Gasteiger partial charge is 0.456 e. The zero-order chi connectivity index (χ0) is 21.4. The van der Waals surface area contributed by atoms with Crippen LogP contribution in [0.15, 0.2) is 77.0 Å².